The Labute approximate surface area is 251 Å². The summed E-state index contributed by atoms with van der Waals surface area (Å²) in [6.07, 6.45) is 0. The van der Waals surface area contributed by atoms with E-state index in [1.165, 1.54) is 0 Å². The quantitative estimate of drug-likeness (QED) is 0.214. The zero-order valence-corrected chi connectivity index (χ0v) is 23.2. The summed E-state index contributed by atoms with van der Waals surface area (Å²) in [4.78, 5) is 14.8. The second kappa shape index (κ2) is 10.5. The Morgan fingerprint density at radius 3 is 1.33 bits per heavy atom. The number of hydrogen-bond acceptors (Lipinski definition) is 3. The van der Waals surface area contributed by atoms with E-state index in [4.69, 9.17) is 15.0 Å². The molecule has 8 aromatic rings. The summed E-state index contributed by atoms with van der Waals surface area (Å²) < 4.78 is 12.0. The number of benzene rings is 6. The van der Waals surface area contributed by atoms with Crippen molar-refractivity contribution in [3.63, 3.8) is 0 Å². The van der Waals surface area contributed by atoms with Gasteiger partial charge in [-0.1, -0.05) is 140 Å². The Morgan fingerprint density at radius 2 is 0.814 bits per heavy atom. The topological polar surface area (TPSA) is 43.6 Å². The standard InChI is InChI=1S/C39H26N4/c1-4-14-27(15-5-1)31-25-24-30(26-36(31)43-34-22-12-10-20-32(34)33-21-11-13-23-35(33)43)39-41-37(28-16-6-2-7-17-28)40-38(42-39)29-18-8-3-9-19-29/h1-26H/i26D. The molecule has 202 valence electrons. The van der Waals surface area contributed by atoms with Gasteiger partial charge in [-0.25, -0.2) is 15.0 Å². The Balaban J connectivity index is 1.45. The zero-order chi connectivity index (χ0) is 29.5. The molecule has 0 aliphatic heterocycles. The van der Waals surface area contributed by atoms with Crippen LogP contribution in [0.5, 0.6) is 0 Å². The maximum Gasteiger partial charge on any atom is 0.164 e. The van der Waals surface area contributed by atoms with Gasteiger partial charge in [0.1, 0.15) is 0 Å². The van der Waals surface area contributed by atoms with Crippen molar-refractivity contribution in [2.75, 3.05) is 0 Å². The third-order valence-electron chi connectivity index (χ3n) is 7.75. The molecule has 4 nitrogen and oxygen atoms in total. The molecule has 0 aliphatic rings. The van der Waals surface area contributed by atoms with Crippen LogP contribution >= 0.6 is 0 Å². The molecule has 43 heavy (non-hydrogen) atoms. The molecule has 2 aromatic heterocycles. The van der Waals surface area contributed by atoms with Gasteiger partial charge < -0.3 is 4.57 Å². The Hall–Kier alpha value is -5.87. The molecule has 0 unspecified atom stereocenters. The Kier molecular flexibility index (Phi) is 5.82. The van der Waals surface area contributed by atoms with Gasteiger partial charge in [-0.15, -0.1) is 0 Å². The van der Waals surface area contributed by atoms with Crippen LogP contribution in [0.1, 0.15) is 1.37 Å². The summed E-state index contributed by atoms with van der Waals surface area (Å²) in [6, 6.07) is 51.3. The van der Waals surface area contributed by atoms with Crippen molar-refractivity contribution < 1.29 is 1.37 Å². The first-order valence-electron chi connectivity index (χ1n) is 14.8. The van der Waals surface area contributed by atoms with Gasteiger partial charge in [-0.05, 0) is 23.7 Å². The largest absolute Gasteiger partial charge is 0.309 e. The van der Waals surface area contributed by atoms with E-state index in [-0.39, 0.29) is 0 Å². The molecule has 0 N–H and O–H groups in total. The molecular formula is C39H26N4. The molecular weight excluding hydrogens is 524 g/mol. The summed E-state index contributed by atoms with van der Waals surface area (Å²) in [6.45, 7) is 0. The minimum atomic E-state index is 0.349. The van der Waals surface area contributed by atoms with Gasteiger partial charge in [-0.3, -0.25) is 0 Å². The summed E-state index contributed by atoms with van der Waals surface area (Å²) >= 11 is 0. The second-order valence-corrected chi connectivity index (χ2v) is 10.4. The first kappa shape index (κ1) is 23.8. The van der Waals surface area contributed by atoms with Crippen LogP contribution in [0.4, 0.5) is 0 Å². The van der Waals surface area contributed by atoms with Gasteiger partial charge in [0.15, 0.2) is 17.5 Å². The number of fused-ring (bicyclic) bond motifs is 3. The maximum atomic E-state index is 9.83. The highest BCUT2D eigenvalue weighted by molar-refractivity contribution is 6.09. The van der Waals surface area contributed by atoms with Gasteiger partial charge >= 0.3 is 0 Å². The number of nitrogens with zero attached hydrogens (tertiary/aromatic N) is 4. The van der Waals surface area contributed by atoms with Crippen molar-refractivity contribution in [3.05, 3.63) is 158 Å². The molecule has 0 aliphatic carbocycles. The van der Waals surface area contributed by atoms with E-state index in [1.807, 2.05) is 84.9 Å². The molecule has 0 atom stereocenters. The molecule has 4 heteroatoms. The van der Waals surface area contributed by atoms with Crippen molar-refractivity contribution in [1.82, 2.24) is 19.5 Å². The highest BCUT2D eigenvalue weighted by Gasteiger charge is 2.18. The van der Waals surface area contributed by atoms with Gasteiger partial charge in [0, 0.05) is 33.0 Å². The third-order valence-corrected chi connectivity index (χ3v) is 7.75. The average molecular weight is 552 g/mol. The lowest BCUT2D eigenvalue weighted by atomic mass is 10.0. The highest BCUT2D eigenvalue weighted by Crippen LogP contribution is 2.38. The molecule has 0 radical (unpaired) electrons. The summed E-state index contributed by atoms with van der Waals surface area (Å²) in [5, 5.41) is 2.29. The van der Waals surface area contributed by atoms with Crippen molar-refractivity contribution in [3.8, 4) is 51.0 Å². The second-order valence-electron chi connectivity index (χ2n) is 10.4. The van der Waals surface area contributed by atoms with Gasteiger partial charge in [0.25, 0.3) is 0 Å². The molecule has 0 amide bonds. The van der Waals surface area contributed by atoms with E-state index in [0.717, 1.165) is 49.7 Å². The van der Waals surface area contributed by atoms with Crippen LogP contribution in [-0.2, 0) is 0 Å². The predicted octanol–water partition coefficient (Wildman–Crippen LogP) is 9.64. The summed E-state index contributed by atoms with van der Waals surface area (Å²) in [5.74, 6) is 1.60. The minimum Gasteiger partial charge on any atom is -0.309 e. The third kappa shape index (κ3) is 4.46. The maximum absolute atomic E-state index is 9.83. The van der Waals surface area contributed by atoms with Crippen LogP contribution in [0.25, 0.3) is 72.8 Å². The molecule has 0 saturated heterocycles. The molecule has 6 aromatic carbocycles. The van der Waals surface area contributed by atoms with Gasteiger partial charge in [-0.2, -0.15) is 0 Å². The molecule has 0 bridgehead atoms. The number of para-hydroxylation sites is 2. The van der Waals surface area contributed by atoms with Crippen molar-refractivity contribution >= 4 is 21.8 Å². The van der Waals surface area contributed by atoms with Crippen molar-refractivity contribution in [1.29, 1.82) is 0 Å². The lowest BCUT2D eigenvalue weighted by Crippen LogP contribution is -2.02. The van der Waals surface area contributed by atoms with Crippen LogP contribution in [0.3, 0.4) is 0 Å². The fourth-order valence-corrected chi connectivity index (χ4v) is 5.73. The molecule has 0 fully saturated rings. The van der Waals surface area contributed by atoms with Crippen LogP contribution in [-0.4, -0.2) is 19.5 Å². The SMILES string of the molecule is [2H]c1c(-c2nc(-c3ccccc3)nc(-c3ccccc3)n2)ccc(-c2ccccc2)c1-n1c2ccccc2c2ccccc21. The molecule has 2 heterocycles. The van der Waals surface area contributed by atoms with Crippen LogP contribution in [0.15, 0.2) is 158 Å². The minimum absolute atomic E-state index is 0.349. The number of aromatic nitrogens is 4. The highest BCUT2D eigenvalue weighted by atomic mass is 15.0. The van der Waals surface area contributed by atoms with E-state index in [1.54, 1.807) is 0 Å². The van der Waals surface area contributed by atoms with Crippen molar-refractivity contribution in [2.45, 2.75) is 0 Å². The van der Waals surface area contributed by atoms with Crippen molar-refractivity contribution in [2.24, 2.45) is 0 Å². The van der Waals surface area contributed by atoms with E-state index in [9.17, 15) is 1.37 Å². The lowest BCUT2D eigenvalue weighted by Gasteiger charge is -2.16. The van der Waals surface area contributed by atoms with Gasteiger partial charge in [0.2, 0.25) is 0 Å². The fraction of sp³-hybridized carbons (Fsp3) is 0. The summed E-state index contributed by atoms with van der Waals surface area (Å²) in [7, 11) is 0. The normalized spacial score (nSPS) is 11.6. The van der Waals surface area contributed by atoms with Crippen LogP contribution < -0.4 is 0 Å². The lowest BCUT2D eigenvalue weighted by molar-refractivity contribution is 1.07. The Bertz CT molecular complexity index is 2170. The predicted molar refractivity (Wildman–Crippen MR) is 176 cm³/mol. The molecule has 0 spiro atoms. The van der Waals surface area contributed by atoms with E-state index in [2.05, 4.69) is 71.3 Å². The van der Waals surface area contributed by atoms with E-state index >= 15 is 0 Å². The monoisotopic (exact) mass is 551 g/mol. The van der Waals surface area contributed by atoms with Crippen LogP contribution in [0.2, 0.25) is 0 Å². The number of rotatable bonds is 5. The molecule has 8 rings (SSSR count). The molecule has 0 saturated carbocycles. The first-order chi connectivity index (χ1) is 21.8. The Morgan fingerprint density at radius 1 is 0.395 bits per heavy atom. The van der Waals surface area contributed by atoms with Gasteiger partial charge in [0.05, 0.1) is 18.1 Å². The summed E-state index contributed by atoms with van der Waals surface area (Å²) in [5.41, 5.74) is 7.30. The fourth-order valence-electron chi connectivity index (χ4n) is 5.73. The zero-order valence-electron chi connectivity index (χ0n) is 24.2. The average Bonchev–Trinajstić information content (AvgIpc) is 3.43. The van der Waals surface area contributed by atoms with E-state index < -0.39 is 0 Å². The smallest absolute Gasteiger partial charge is 0.164 e. The number of hydrogen-bond donors (Lipinski definition) is 0. The first-order valence-corrected chi connectivity index (χ1v) is 14.3. The van der Waals surface area contributed by atoms with Crippen LogP contribution in [0, 0.1) is 0 Å². The van der Waals surface area contributed by atoms with E-state index in [0.29, 0.717) is 29.1 Å².